The molecule has 0 heterocycles. The highest BCUT2D eigenvalue weighted by Gasteiger charge is 2.13. The molecule has 2 nitrogen and oxygen atoms in total. The molecule has 4 heteroatoms. The summed E-state index contributed by atoms with van der Waals surface area (Å²) in [4.78, 5) is 11.9. The van der Waals surface area contributed by atoms with E-state index >= 15 is 0 Å². The van der Waals surface area contributed by atoms with E-state index < -0.39 is 0 Å². The summed E-state index contributed by atoms with van der Waals surface area (Å²) in [5.41, 5.74) is 0.709. The van der Waals surface area contributed by atoms with Crippen molar-refractivity contribution in [3.05, 3.63) is 34.9 Å². The molecule has 17 heavy (non-hydrogen) atoms. The first-order valence-electron chi connectivity index (χ1n) is 5.68. The summed E-state index contributed by atoms with van der Waals surface area (Å²) in [6, 6.07) is 6.89. The van der Waals surface area contributed by atoms with Gasteiger partial charge in [-0.15, -0.1) is 12.4 Å². The summed E-state index contributed by atoms with van der Waals surface area (Å²) in [5, 5.41) is 3.87. The second-order valence-electron chi connectivity index (χ2n) is 3.90. The Bertz CT molecular complexity index is 338. The molecule has 1 unspecified atom stereocenters. The van der Waals surface area contributed by atoms with E-state index in [-0.39, 0.29) is 24.2 Å². The van der Waals surface area contributed by atoms with Crippen molar-refractivity contribution in [2.45, 2.75) is 32.7 Å². The number of halogens is 2. The third-order valence-electron chi connectivity index (χ3n) is 2.50. The number of carbonyl (C=O) groups is 1. The number of rotatable bonds is 6. The monoisotopic (exact) mass is 275 g/mol. The maximum Gasteiger partial charge on any atom is 0.179 e. The molecule has 1 aromatic carbocycles. The summed E-state index contributed by atoms with van der Waals surface area (Å²) in [5.74, 6) is 0.118. The first-order chi connectivity index (χ1) is 7.65. The van der Waals surface area contributed by atoms with Crippen molar-refractivity contribution in [1.82, 2.24) is 5.32 Å². The Balaban J connectivity index is 0.00000256. The van der Waals surface area contributed by atoms with Crippen LogP contribution >= 0.6 is 24.0 Å². The van der Waals surface area contributed by atoms with E-state index in [9.17, 15) is 4.79 Å². The van der Waals surface area contributed by atoms with Gasteiger partial charge in [0.2, 0.25) is 0 Å². The van der Waals surface area contributed by atoms with Gasteiger partial charge in [0, 0.05) is 10.6 Å². The van der Waals surface area contributed by atoms with Gasteiger partial charge in [0.05, 0.1) is 6.04 Å². The minimum atomic E-state index is -0.132. The molecule has 0 aromatic heterocycles. The molecule has 0 spiro atoms. The molecular weight excluding hydrogens is 257 g/mol. The molecule has 0 aliphatic heterocycles. The maximum atomic E-state index is 11.9. The molecule has 1 atom stereocenters. The van der Waals surface area contributed by atoms with Crippen molar-refractivity contribution >= 4 is 29.8 Å². The smallest absolute Gasteiger partial charge is 0.179 e. The molecule has 1 rings (SSSR count). The van der Waals surface area contributed by atoms with Gasteiger partial charge in [-0.2, -0.15) is 0 Å². The fourth-order valence-electron chi connectivity index (χ4n) is 1.45. The van der Waals surface area contributed by atoms with Crippen molar-refractivity contribution in [3.63, 3.8) is 0 Å². The van der Waals surface area contributed by atoms with Gasteiger partial charge in [0.15, 0.2) is 5.78 Å². The summed E-state index contributed by atoms with van der Waals surface area (Å²) in [6.07, 6.45) is 2.23. The normalized spacial score (nSPS) is 11.7. The number of carbonyl (C=O) groups excluding carboxylic acids is 1. The summed E-state index contributed by atoms with van der Waals surface area (Å²) in [7, 11) is 0. The molecule has 0 amide bonds. The van der Waals surface area contributed by atoms with E-state index in [0.717, 1.165) is 19.4 Å². The van der Waals surface area contributed by atoms with Crippen LogP contribution in [0.25, 0.3) is 0 Å². The minimum Gasteiger partial charge on any atom is -0.307 e. The number of hydrogen-bond donors (Lipinski definition) is 1. The van der Waals surface area contributed by atoms with Crippen LogP contribution in [-0.2, 0) is 0 Å². The van der Waals surface area contributed by atoms with Crippen LogP contribution in [0.4, 0.5) is 0 Å². The lowest BCUT2D eigenvalue weighted by Gasteiger charge is -2.12. The number of hydrogen-bond acceptors (Lipinski definition) is 2. The largest absolute Gasteiger partial charge is 0.307 e. The van der Waals surface area contributed by atoms with Gasteiger partial charge in [-0.25, -0.2) is 0 Å². The summed E-state index contributed by atoms with van der Waals surface area (Å²) < 4.78 is 0. The van der Waals surface area contributed by atoms with Gasteiger partial charge in [-0.3, -0.25) is 4.79 Å². The molecule has 96 valence electrons. The van der Waals surface area contributed by atoms with Gasteiger partial charge in [0.1, 0.15) is 0 Å². The Morgan fingerprint density at radius 1 is 1.35 bits per heavy atom. The predicted octanol–water partition coefficient (Wildman–Crippen LogP) is 3.72. The zero-order valence-corrected chi connectivity index (χ0v) is 11.8. The zero-order valence-electron chi connectivity index (χ0n) is 10.2. The fraction of sp³-hybridized carbons (Fsp3) is 0.462. The SMILES string of the molecule is CCCCNC(C)C(=O)c1ccc(Cl)cc1.Cl. The Morgan fingerprint density at radius 2 is 1.94 bits per heavy atom. The number of ketones is 1. The Labute approximate surface area is 114 Å². The maximum absolute atomic E-state index is 11.9. The van der Waals surface area contributed by atoms with E-state index in [2.05, 4.69) is 12.2 Å². The van der Waals surface area contributed by atoms with Crippen LogP contribution < -0.4 is 5.32 Å². The van der Waals surface area contributed by atoms with Crippen LogP contribution in [-0.4, -0.2) is 18.4 Å². The highest BCUT2D eigenvalue weighted by atomic mass is 35.5. The van der Waals surface area contributed by atoms with Crippen LogP contribution in [0, 0.1) is 0 Å². The topological polar surface area (TPSA) is 29.1 Å². The van der Waals surface area contributed by atoms with Crippen LogP contribution in [0.3, 0.4) is 0 Å². The Morgan fingerprint density at radius 3 is 2.47 bits per heavy atom. The van der Waals surface area contributed by atoms with Crippen LogP contribution in [0.1, 0.15) is 37.0 Å². The molecule has 1 aromatic rings. The van der Waals surface area contributed by atoms with E-state index in [4.69, 9.17) is 11.6 Å². The average molecular weight is 276 g/mol. The third-order valence-corrected chi connectivity index (χ3v) is 2.75. The minimum absolute atomic E-state index is 0. The lowest BCUT2D eigenvalue weighted by Crippen LogP contribution is -2.34. The number of Topliss-reactive ketones (excluding diaryl/α,β-unsaturated/α-hetero) is 1. The van der Waals surface area contributed by atoms with Crippen molar-refractivity contribution < 1.29 is 4.79 Å². The molecular formula is C13H19Cl2NO. The summed E-state index contributed by atoms with van der Waals surface area (Å²) in [6.45, 7) is 4.91. The van der Waals surface area contributed by atoms with E-state index in [0.29, 0.717) is 10.6 Å². The zero-order chi connectivity index (χ0) is 12.0. The first-order valence-corrected chi connectivity index (χ1v) is 6.06. The van der Waals surface area contributed by atoms with Gasteiger partial charge >= 0.3 is 0 Å². The fourth-order valence-corrected chi connectivity index (χ4v) is 1.58. The number of nitrogens with one attached hydrogen (secondary N) is 1. The first kappa shape index (κ1) is 16.4. The van der Waals surface area contributed by atoms with Crippen LogP contribution in [0.15, 0.2) is 24.3 Å². The van der Waals surface area contributed by atoms with Gasteiger partial charge in [-0.1, -0.05) is 24.9 Å². The lowest BCUT2D eigenvalue weighted by atomic mass is 10.1. The van der Waals surface area contributed by atoms with Crippen molar-refractivity contribution in [2.24, 2.45) is 0 Å². The number of unbranched alkanes of at least 4 members (excludes halogenated alkanes) is 1. The van der Waals surface area contributed by atoms with Gasteiger partial charge in [0.25, 0.3) is 0 Å². The molecule has 0 aliphatic carbocycles. The molecule has 0 fully saturated rings. The lowest BCUT2D eigenvalue weighted by molar-refractivity contribution is 0.0951. The molecule has 0 saturated heterocycles. The van der Waals surface area contributed by atoms with E-state index in [1.807, 2.05) is 6.92 Å². The Hall–Kier alpha value is -0.570. The second kappa shape index (κ2) is 8.51. The molecule has 0 aliphatic rings. The molecule has 0 saturated carbocycles. The van der Waals surface area contributed by atoms with Crippen molar-refractivity contribution in [3.8, 4) is 0 Å². The molecule has 0 bridgehead atoms. The van der Waals surface area contributed by atoms with E-state index in [1.54, 1.807) is 24.3 Å². The van der Waals surface area contributed by atoms with Crippen molar-refractivity contribution in [2.75, 3.05) is 6.54 Å². The quantitative estimate of drug-likeness (QED) is 0.633. The number of benzene rings is 1. The second-order valence-corrected chi connectivity index (χ2v) is 4.34. The highest BCUT2D eigenvalue weighted by Crippen LogP contribution is 2.11. The third kappa shape index (κ3) is 5.53. The molecule has 1 N–H and O–H groups in total. The van der Waals surface area contributed by atoms with Crippen LogP contribution in [0.2, 0.25) is 5.02 Å². The molecule has 0 radical (unpaired) electrons. The summed E-state index contributed by atoms with van der Waals surface area (Å²) >= 11 is 5.77. The average Bonchev–Trinajstić information content (AvgIpc) is 2.29. The van der Waals surface area contributed by atoms with Crippen LogP contribution in [0.5, 0.6) is 0 Å². The Kier molecular flexibility index (Phi) is 8.23. The van der Waals surface area contributed by atoms with Crippen molar-refractivity contribution in [1.29, 1.82) is 0 Å². The van der Waals surface area contributed by atoms with Gasteiger partial charge < -0.3 is 5.32 Å². The van der Waals surface area contributed by atoms with E-state index in [1.165, 1.54) is 0 Å². The predicted molar refractivity (Wildman–Crippen MR) is 75.4 cm³/mol. The van der Waals surface area contributed by atoms with Gasteiger partial charge in [-0.05, 0) is 44.2 Å². The highest BCUT2D eigenvalue weighted by molar-refractivity contribution is 6.30. The standard InChI is InChI=1S/C13H18ClNO.ClH/c1-3-4-9-15-10(2)13(16)11-5-7-12(14)8-6-11;/h5-8,10,15H,3-4,9H2,1-2H3;1H.